The van der Waals surface area contributed by atoms with Crippen molar-refractivity contribution in [2.24, 2.45) is 0 Å². The highest BCUT2D eigenvalue weighted by molar-refractivity contribution is 6.42. The lowest BCUT2D eigenvalue weighted by Crippen LogP contribution is -2.34. The van der Waals surface area contributed by atoms with Crippen LogP contribution in [0.4, 0.5) is 0 Å². The number of hydrogen-bond acceptors (Lipinski definition) is 3. The SMILES string of the molecule is COC(=O)C(C)NCc1ccc(Cl)c(Cl)c1. The summed E-state index contributed by atoms with van der Waals surface area (Å²) in [6.45, 7) is 2.27. The van der Waals surface area contributed by atoms with Crippen molar-refractivity contribution in [3.63, 3.8) is 0 Å². The Bertz CT molecular complexity index is 382. The van der Waals surface area contributed by atoms with E-state index in [1.54, 1.807) is 19.1 Å². The standard InChI is InChI=1S/C11H13Cl2NO2/c1-7(11(15)16-2)14-6-8-3-4-9(12)10(13)5-8/h3-5,7,14H,6H2,1-2H3. The first-order valence-electron chi connectivity index (χ1n) is 4.79. The van der Waals surface area contributed by atoms with Gasteiger partial charge in [-0.3, -0.25) is 4.79 Å². The van der Waals surface area contributed by atoms with Crippen LogP contribution in [0.3, 0.4) is 0 Å². The summed E-state index contributed by atoms with van der Waals surface area (Å²) >= 11 is 11.7. The molecule has 1 aromatic rings. The van der Waals surface area contributed by atoms with Crippen molar-refractivity contribution in [2.45, 2.75) is 19.5 Å². The lowest BCUT2D eigenvalue weighted by Gasteiger charge is -2.11. The number of hydrogen-bond donors (Lipinski definition) is 1. The summed E-state index contributed by atoms with van der Waals surface area (Å²) in [5.41, 5.74) is 0.963. The van der Waals surface area contributed by atoms with E-state index in [2.05, 4.69) is 10.1 Å². The topological polar surface area (TPSA) is 38.3 Å². The largest absolute Gasteiger partial charge is 0.468 e. The Morgan fingerprint density at radius 2 is 2.12 bits per heavy atom. The Kier molecular flexibility index (Phi) is 5.06. The van der Waals surface area contributed by atoms with Gasteiger partial charge in [0, 0.05) is 6.54 Å². The molecule has 0 spiro atoms. The lowest BCUT2D eigenvalue weighted by atomic mass is 10.2. The fourth-order valence-electron chi connectivity index (χ4n) is 1.18. The van der Waals surface area contributed by atoms with Gasteiger partial charge in [-0.2, -0.15) is 0 Å². The van der Waals surface area contributed by atoms with Crippen molar-refractivity contribution >= 4 is 29.2 Å². The van der Waals surface area contributed by atoms with Crippen molar-refractivity contribution < 1.29 is 9.53 Å². The second-order valence-electron chi connectivity index (χ2n) is 3.37. The average molecular weight is 262 g/mol. The first-order valence-corrected chi connectivity index (χ1v) is 5.55. The maximum absolute atomic E-state index is 11.1. The van der Waals surface area contributed by atoms with E-state index in [-0.39, 0.29) is 12.0 Å². The monoisotopic (exact) mass is 261 g/mol. The van der Waals surface area contributed by atoms with Gasteiger partial charge < -0.3 is 10.1 Å². The normalized spacial score (nSPS) is 12.2. The van der Waals surface area contributed by atoms with Crippen LogP contribution in [-0.2, 0) is 16.1 Å². The maximum atomic E-state index is 11.1. The Labute approximate surface area is 105 Å². The van der Waals surface area contributed by atoms with E-state index in [0.717, 1.165) is 5.56 Å². The number of nitrogens with one attached hydrogen (secondary N) is 1. The van der Waals surface area contributed by atoms with Gasteiger partial charge in [0.05, 0.1) is 17.2 Å². The predicted molar refractivity (Wildman–Crippen MR) is 64.8 cm³/mol. The van der Waals surface area contributed by atoms with E-state index in [4.69, 9.17) is 23.2 Å². The van der Waals surface area contributed by atoms with E-state index in [1.165, 1.54) is 7.11 Å². The summed E-state index contributed by atoms with van der Waals surface area (Å²) in [6.07, 6.45) is 0. The lowest BCUT2D eigenvalue weighted by molar-refractivity contribution is -0.142. The van der Waals surface area contributed by atoms with Gasteiger partial charge in [-0.05, 0) is 24.6 Å². The van der Waals surface area contributed by atoms with Crippen molar-refractivity contribution in [3.8, 4) is 0 Å². The highest BCUT2D eigenvalue weighted by atomic mass is 35.5. The Morgan fingerprint density at radius 3 is 2.69 bits per heavy atom. The van der Waals surface area contributed by atoms with Crippen LogP contribution in [0, 0.1) is 0 Å². The van der Waals surface area contributed by atoms with Crippen LogP contribution in [0.15, 0.2) is 18.2 Å². The molecular formula is C11H13Cl2NO2. The minimum atomic E-state index is -0.348. The summed E-state index contributed by atoms with van der Waals surface area (Å²) in [6, 6.07) is 5.00. The first kappa shape index (κ1) is 13.3. The molecule has 0 bridgehead atoms. The van der Waals surface area contributed by atoms with Crippen LogP contribution < -0.4 is 5.32 Å². The second kappa shape index (κ2) is 6.09. The molecular weight excluding hydrogens is 249 g/mol. The number of ether oxygens (including phenoxy) is 1. The minimum absolute atomic E-state index is 0.292. The summed E-state index contributed by atoms with van der Waals surface area (Å²) in [5, 5.41) is 4.05. The highest BCUT2D eigenvalue weighted by Gasteiger charge is 2.11. The van der Waals surface area contributed by atoms with Crippen LogP contribution in [-0.4, -0.2) is 19.1 Å². The molecule has 0 aliphatic carbocycles. The third-order valence-electron chi connectivity index (χ3n) is 2.15. The Morgan fingerprint density at radius 1 is 1.44 bits per heavy atom. The molecule has 16 heavy (non-hydrogen) atoms. The fourth-order valence-corrected chi connectivity index (χ4v) is 1.50. The first-order chi connectivity index (χ1) is 7.54. The number of carbonyl (C=O) groups is 1. The van der Waals surface area contributed by atoms with E-state index in [9.17, 15) is 4.79 Å². The maximum Gasteiger partial charge on any atom is 0.322 e. The predicted octanol–water partition coefficient (Wildman–Crippen LogP) is 2.64. The number of esters is 1. The zero-order valence-electron chi connectivity index (χ0n) is 9.09. The van der Waals surface area contributed by atoms with Gasteiger partial charge in [0.15, 0.2) is 0 Å². The third-order valence-corrected chi connectivity index (χ3v) is 2.89. The molecule has 0 amide bonds. The van der Waals surface area contributed by atoms with E-state index in [0.29, 0.717) is 16.6 Å². The quantitative estimate of drug-likeness (QED) is 0.848. The molecule has 0 saturated carbocycles. The number of carbonyl (C=O) groups excluding carboxylic acids is 1. The van der Waals surface area contributed by atoms with Gasteiger partial charge >= 0.3 is 5.97 Å². The van der Waals surface area contributed by atoms with Crippen molar-refractivity contribution in [3.05, 3.63) is 33.8 Å². The molecule has 1 rings (SSSR count). The zero-order valence-corrected chi connectivity index (χ0v) is 10.6. The Balaban J connectivity index is 2.55. The van der Waals surface area contributed by atoms with Gasteiger partial charge in [-0.15, -0.1) is 0 Å². The summed E-state index contributed by atoms with van der Waals surface area (Å²) < 4.78 is 4.59. The van der Waals surface area contributed by atoms with Crippen LogP contribution in [0.5, 0.6) is 0 Å². The van der Waals surface area contributed by atoms with Crippen LogP contribution in [0.2, 0.25) is 10.0 Å². The smallest absolute Gasteiger partial charge is 0.322 e. The van der Waals surface area contributed by atoms with Crippen LogP contribution >= 0.6 is 23.2 Å². The van der Waals surface area contributed by atoms with Gasteiger partial charge in [-0.1, -0.05) is 29.3 Å². The third kappa shape index (κ3) is 3.67. The number of methoxy groups -OCH3 is 1. The summed E-state index contributed by atoms with van der Waals surface area (Å²) in [7, 11) is 1.36. The molecule has 1 atom stereocenters. The highest BCUT2D eigenvalue weighted by Crippen LogP contribution is 2.22. The van der Waals surface area contributed by atoms with Crippen LogP contribution in [0.25, 0.3) is 0 Å². The second-order valence-corrected chi connectivity index (χ2v) is 4.19. The molecule has 0 aliphatic heterocycles. The summed E-state index contributed by atoms with van der Waals surface area (Å²) in [5.74, 6) is -0.292. The van der Waals surface area contributed by atoms with Crippen LogP contribution in [0.1, 0.15) is 12.5 Å². The molecule has 3 nitrogen and oxygen atoms in total. The molecule has 0 radical (unpaired) electrons. The number of halogens is 2. The van der Waals surface area contributed by atoms with Gasteiger partial charge in [0.1, 0.15) is 6.04 Å². The molecule has 0 aliphatic rings. The molecule has 0 aromatic heterocycles. The zero-order chi connectivity index (χ0) is 12.1. The van der Waals surface area contributed by atoms with Crippen molar-refractivity contribution in [2.75, 3.05) is 7.11 Å². The van der Waals surface area contributed by atoms with E-state index < -0.39 is 0 Å². The number of rotatable bonds is 4. The molecule has 88 valence electrons. The van der Waals surface area contributed by atoms with Gasteiger partial charge in [-0.25, -0.2) is 0 Å². The molecule has 0 saturated heterocycles. The molecule has 0 fully saturated rings. The minimum Gasteiger partial charge on any atom is -0.468 e. The fraction of sp³-hybridized carbons (Fsp3) is 0.364. The Hall–Kier alpha value is -0.770. The summed E-state index contributed by atoms with van der Waals surface area (Å²) in [4.78, 5) is 11.1. The van der Waals surface area contributed by atoms with E-state index >= 15 is 0 Å². The van der Waals surface area contributed by atoms with Gasteiger partial charge in [0.2, 0.25) is 0 Å². The van der Waals surface area contributed by atoms with Crippen molar-refractivity contribution in [1.29, 1.82) is 0 Å². The molecule has 1 aromatic carbocycles. The van der Waals surface area contributed by atoms with Crippen molar-refractivity contribution in [1.82, 2.24) is 5.32 Å². The average Bonchev–Trinajstić information content (AvgIpc) is 2.29. The van der Waals surface area contributed by atoms with Gasteiger partial charge in [0.25, 0.3) is 0 Å². The number of benzene rings is 1. The van der Waals surface area contributed by atoms with E-state index in [1.807, 2.05) is 6.07 Å². The molecule has 1 N–H and O–H groups in total. The molecule has 1 unspecified atom stereocenters. The molecule has 0 heterocycles. The molecule has 5 heteroatoms.